The van der Waals surface area contributed by atoms with Gasteiger partial charge in [0, 0.05) is 0 Å². The highest BCUT2D eigenvalue weighted by Crippen LogP contribution is 2.20. The third-order valence-electron chi connectivity index (χ3n) is 3.74. The SMILES string of the molecule is C/C(=N\Nc1nnc(SCC(=O)Nc2c(F)cccc2F)n1N)c1ccccc1. The fraction of sp³-hybridized carbons (Fsp3) is 0.111. The van der Waals surface area contributed by atoms with Gasteiger partial charge in [-0.2, -0.15) is 5.10 Å². The number of amides is 1. The summed E-state index contributed by atoms with van der Waals surface area (Å²) in [6.45, 7) is 1.82. The summed E-state index contributed by atoms with van der Waals surface area (Å²) >= 11 is 0.957. The fourth-order valence-electron chi connectivity index (χ4n) is 2.25. The molecule has 0 aliphatic heterocycles. The van der Waals surface area contributed by atoms with Gasteiger partial charge in [-0.05, 0) is 24.6 Å². The molecular weight excluding hydrogens is 400 g/mol. The van der Waals surface area contributed by atoms with Gasteiger partial charge in [0.2, 0.25) is 11.1 Å². The summed E-state index contributed by atoms with van der Waals surface area (Å²) in [4.78, 5) is 12.0. The highest BCUT2D eigenvalue weighted by atomic mass is 32.2. The Balaban J connectivity index is 1.59. The molecule has 0 fully saturated rings. The Morgan fingerprint density at radius 2 is 1.83 bits per heavy atom. The molecule has 0 saturated carbocycles. The molecule has 1 heterocycles. The Morgan fingerprint density at radius 3 is 2.52 bits per heavy atom. The lowest BCUT2D eigenvalue weighted by atomic mass is 10.1. The zero-order valence-corrected chi connectivity index (χ0v) is 16.1. The van der Waals surface area contributed by atoms with Crippen molar-refractivity contribution in [2.24, 2.45) is 5.10 Å². The molecule has 0 radical (unpaired) electrons. The van der Waals surface area contributed by atoms with Crippen LogP contribution in [0.5, 0.6) is 0 Å². The maximum atomic E-state index is 13.6. The molecule has 150 valence electrons. The molecule has 0 saturated heterocycles. The number of benzene rings is 2. The summed E-state index contributed by atoms with van der Waals surface area (Å²) in [5.41, 5.74) is 3.86. The number of thioether (sulfide) groups is 1. The van der Waals surface area contributed by atoms with Crippen molar-refractivity contribution in [1.82, 2.24) is 14.9 Å². The van der Waals surface area contributed by atoms with Crippen LogP contribution in [-0.4, -0.2) is 32.2 Å². The number of para-hydroxylation sites is 1. The van der Waals surface area contributed by atoms with E-state index in [0.717, 1.165) is 34.1 Å². The van der Waals surface area contributed by atoms with Crippen molar-refractivity contribution >= 4 is 35.0 Å². The summed E-state index contributed by atoms with van der Waals surface area (Å²) in [7, 11) is 0. The number of nitrogens with two attached hydrogens (primary N) is 1. The predicted molar refractivity (Wildman–Crippen MR) is 108 cm³/mol. The first-order valence-electron chi connectivity index (χ1n) is 8.38. The summed E-state index contributed by atoms with van der Waals surface area (Å²) in [5, 5.41) is 14.4. The molecule has 11 heteroatoms. The van der Waals surface area contributed by atoms with Crippen molar-refractivity contribution in [2.75, 3.05) is 22.3 Å². The molecular formula is C18H17F2N7OS. The molecule has 0 bridgehead atoms. The van der Waals surface area contributed by atoms with Gasteiger partial charge in [-0.1, -0.05) is 48.2 Å². The van der Waals surface area contributed by atoms with Crippen LogP contribution >= 0.6 is 11.8 Å². The van der Waals surface area contributed by atoms with Crippen molar-refractivity contribution in [1.29, 1.82) is 0 Å². The van der Waals surface area contributed by atoms with E-state index in [1.165, 1.54) is 6.07 Å². The molecule has 2 aromatic carbocycles. The molecule has 4 N–H and O–H groups in total. The van der Waals surface area contributed by atoms with Crippen LogP contribution in [0.15, 0.2) is 58.8 Å². The van der Waals surface area contributed by atoms with E-state index in [4.69, 9.17) is 5.84 Å². The standard InChI is InChI=1S/C18H17F2N7OS/c1-11(12-6-3-2-4-7-12)23-24-17-25-26-18(27(17)21)29-10-15(28)22-16-13(19)8-5-9-14(16)20/h2-9H,10,21H2,1H3,(H,22,28)(H,24,25)/b23-11+. The van der Waals surface area contributed by atoms with Gasteiger partial charge >= 0.3 is 0 Å². The Labute approximate surface area is 169 Å². The number of rotatable bonds is 7. The highest BCUT2D eigenvalue weighted by Gasteiger charge is 2.15. The maximum Gasteiger partial charge on any atom is 0.264 e. The molecule has 29 heavy (non-hydrogen) atoms. The number of nitrogens with zero attached hydrogens (tertiary/aromatic N) is 4. The minimum absolute atomic E-state index is 0.170. The number of hydrogen-bond acceptors (Lipinski definition) is 7. The number of anilines is 2. The van der Waals surface area contributed by atoms with Crippen LogP contribution in [0.4, 0.5) is 20.4 Å². The van der Waals surface area contributed by atoms with Crippen molar-refractivity contribution in [3.8, 4) is 0 Å². The molecule has 0 unspecified atom stereocenters. The number of hydrazone groups is 1. The zero-order chi connectivity index (χ0) is 20.8. The lowest BCUT2D eigenvalue weighted by Crippen LogP contribution is -2.18. The maximum absolute atomic E-state index is 13.6. The van der Waals surface area contributed by atoms with Crippen molar-refractivity contribution in [2.45, 2.75) is 12.1 Å². The number of carbonyl (C=O) groups is 1. The largest absolute Gasteiger partial charge is 0.334 e. The van der Waals surface area contributed by atoms with Crippen molar-refractivity contribution in [3.63, 3.8) is 0 Å². The van der Waals surface area contributed by atoms with E-state index in [2.05, 4.69) is 26.0 Å². The average Bonchev–Trinajstić information content (AvgIpc) is 3.07. The van der Waals surface area contributed by atoms with Gasteiger partial charge < -0.3 is 11.2 Å². The summed E-state index contributed by atoms with van der Waals surface area (Å²) in [6, 6.07) is 12.8. The topological polar surface area (TPSA) is 110 Å². The molecule has 0 spiro atoms. The van der Waals surface area contributed by atoms with E-state index in [1.807, 2.05) is 37.3 Å². The second-order valence-corrected chi connectivity index (χ2v) is 6.73. The lowest BCUT2D eigenvalue weighted by molar-refractivity contribution is -0.113. The number of aromatic nitrogens is 3. The molecule has 0 aliphatic carbocycles. The fourth-order valence-corrected chi connectivity index (χ4v) is 2.91. The van der Waals surface area contributed by atoms with E-state index in [0.29, 0.717) is 5.71 Å². The monoisotopic (exact) mass is 417 g/mol. The normalized spacial score (nSPS) is 11.3. The second kappa shape index (κ2) is 9.15. The molecule has 1 aromatic heterocycles. The van der Waals surface area contributed by atoms with E-state index < -0.39 is 23.2 Å². The van der Waals surface area contributed by atoms with Gasteiger partial charge in [0.05, 0.1) is 11.5 Å². The molecule has 0 atom stereocenters. The Hall–Kier alpha value is -3.47. The van der Waals surface area contributed by atoms with Gasteiger partial charge in [0.15, 0.2) is 0 Å². The van der Waals surface area contributed by atoms with Crippen LogP contribution in [0, 0.1) is 11.6 Å². The predicted octanol–water partition coefficient (Wildman–Crippen LogP) is 2.84. The van der Waals surface area contributed by atoms with Gasteiger partial charge in [-0.3, -0.25) is 4.79 Å². The van der Waals surface area contributed by atoms with Crippen molar-refractivity contribution in [3.05, 3.63) is 65.7 Å². The van der Waals surface area contributed by atoms with Crippen molar-refractivity contribution < 1.29 is 13.6 Å². The van der Waals surface area contributed by atoms with Crippen LogP contribution in [0.2, 0.25) is 0 Å². The smallest absolute Gasteiger partial charge is 0.264 e. The van der Waals surface area contributed by atoms with Crippen LogP contribution in [0.1, 0.15) is 12.5 Å². The third-order valence-corrected chi connectivity index (χ3v) is 4.68. The van der Waals surface area contributed by atoms with Crippen LogP contribution < -0.4 is 16.6 Å². The summed E-state index contributed by atoms with van der Waals surface area (Å²) in [5.74, 6) is 3.57. The second-order valence-electron chi connectivity index (χ2n) is 5.78. The molecule has 3 aromatic rings. The van der Waals surface area contributed by atoms with Gasteiger partial charge in [-0.25, -0.2) is 18.9 Å². The van der Waals surface area contributed by atoms with Crippen LogP contribution in [0.3, 0.4) is 0 Å². The van der Waals surface area contributed by atoms with E-state index >= 15 is 0 Å². The van der Waals surface area contributed by atoms with Crippen LogP contribution in [0.25, 0.3) is 0 Å². The van der Waals surface area contributed by atoms with Crippen LogP contribution in [-0.2, 0) is 4.79 Å². The minimum atomic E-state index is -0.858. The number of nitrogens with one attached hydrogen (secondary N) is 2. The molecule has 0 aliphatic rings. The Bertz CT molecular complexity index is 1020. The number of hydrogen-bond donors (Lipinski definition) is 3. The van der Waals surface area contributed by atoms with E-state index in [-0.39, 0.29) is 16.9 Å². The third kappa shape index (κ3) is 5.08. The quantitative estimate of drug-likeness (QED) is 0.236. The number of halogens is 2. The Kier molecular flexibility index (Phi) is 6.39. The summed E-state index contributed by atoms with van der Waals surface area (Å²) < 4.78 is 28.3. The van der Waals surface area contributed by atoms with E-state index in [1.54, 1.807) is 0 Å². The highest BCUT2D eigenvalue weighted by molar-refractivity contribution is 7.99. The number of nitrogen functional groups attached to an aromatic ring is 1. The zero-order valence-electron chi connectivity index (χ0n) is 15.3. The first kappa shape index (κ1) is 20.3. The van der Waals surface area contributed by atoms with Gasteiger partial charge in [0.1, 0.15) is 17.3 Å². The number of carbonyl (C=O) groups excluding carboxylic acids is 1. The van der Waals surface area contributed by atoms with Gasteiger partial charge in [-0.15, -0.1) is 10.2 Å². The van der Waals surface area contributed by atoms with Gasteiger partial charge in [0.25, 0.3) is 5.95 Å². The first-order chi connectivity index (χ1) is 14.0. The Morgan fingerprint density at radius 1 is 1.14 bits per heavy atom. The van der Waals surface area contributed by atoms with E-state index in [9.17, 15) is 13.6 Å². The lowest BCUT2D eigenvalue weighted by Gasteiger charge is -2.07. The summed E-state index contributed by atoms with van der Waals surface area (Å²) in [6.07, 6.45) is 0. The molecule has 8 nitrogen and oxygen atoms in total. The first-order valence-corrected chi connectivity index (χ1v) is 9.37. The molecule has 3 rings (SSSR count). The minimum Gasteiger partial charge on any atom is -0.334 e. The average molecular weight is 417 g/mol. The molecule has 1 amide bonds.